The van der Waals surface area contributed by atoms with E-state index in [-0.39, 0.29) is 23.9 Å². The number of amides is 2. The average molecular weight is 253 g/mol. The summed E-state index contributed by atoms with van der Waals surface area (Å²) in [6.45, 7) is 2.83. The Balaban J connectivity index is 2.02. The Hall–Kier alpha value is -1.10. The molecule has 2 fully saturated rings. The van der Waals surface area contributed by atoms with E-state index >= 15 is 0 Å². The minimum atomic E-state index is -0.338. The maximum atomic E-state index is 12.5. The van der Waals surface area contributed by atoms with Gasteiger partial charge in [-0.25, -0.2) is 0 Å². The monoisotopic (exact) mass is 253 g/mol. The molecule has 0 aromatic rings. The van der Waals surface area contributed by atoms with Crippen molar-refractivity contribution in [3.05, 3.63) is 0 Å². The summed E-state index contributed by atoms with van der Waals surface area (Å²) in [6, 6.07) is -0.245. The lowest BCUT2D eigenvalue weighted by atomic mass is 9.96. The quantitative estimate of drug-likeness (QED) is 0.756. The molecule has 0 radical (unpaired) electrons. The third-order valence-corrected chi connectivity index (χ3v) is 4.03. The fraction of sp³-hybridized carbons (Fsp3) is 0.846. The summed E-state index contributed by atoms with van der Waals surface area (Å²) in [5.74, 6) is 0.243. The molecule has 5 nitrogen and oxygen atoms in total. The van der Waals surface area contributed by atoms with Crippen LogP contribution in [0.5, 0.6) is 0 Å². The predicted molar refractivity (Wildman–Crippen MR) is 68.7 cm³/mol. The van der Waals surface area contributed by atoms with E-state index in [0.717, 1.165) is 38.6 Å². The number of nitrogens with zero attached hydrogens (tertiary/aromatic N) is 1. The molecular weight excluding hydrogens is 230 g/mol. The first-order chi connectivity index (χ1) is 8.58. The van der Waals surface area contributed by atoms with Crippen molar-refractivity contribution in [3.8, 4) is 0 Å². The van der Waals surface area contributed by atoms with Crippen LogP contribution in [0.15, 0.2) is 0 Å². The Bertz CT molecular complexity index is 326. The number of hydrogen-bond acceptors (Lipinski definition) is 3. The van der Waals surface area contributed by atoms with E-state index in [1.807, 2.05) is 4.90 Å². The van der Waals surface area contributed by atoms with Crippen LogP contribution in [0.3, 0.4) is 0 Å². The molecule has 0 spiro atoms. The van der Waals surface area contributed by atoms with Crippen LogP contribution in [0.2, 0.25) is 0 Å². The third kappa shape index (κ3) is 3.02. The van der Waals surface area contributed by atoms with Crippen molar-refractivity contribution in [2.45, 2.75) is 51.1 Å². The molecule has 5 heteroatoms. The van der Waals surface area contributed by atoms with Crippen molar-refractivity contribution in [1.29, 1.82) is 0 Å². The number of hydrogen-bond donors (Lipinski definition) is 2. The molecule has 2 amide bonds. The molecule has 0 bridgehead atoms. The Kier molecular flexibility index (Phi) is 4.22. The highest BCUT2D eigenvalue weighted by Crippen LogP contribution is 2.29. The van der Waals surface area contributed by atoms with Crippen molar-refractivity contribution < 1.29 is 9.59 Å². The molecule has 1 heterocycles. The van der Waals surface area contributed by atoms with Crippen LogP contribution in [0.4, 0.5) is 0 Å². The first-order valence-corrected chi connectivity index (χ1v) is 6.89. The molecule has 18 heavy (non-hydrogen) atoms. The summed E-state index contributed by atoms with van der Waals surface area (Å²) in [6.07, 6.45) is 5.26. The van der Waals surface area contributed by atoms with Gasteiger partial charge in [-0.15, -0.1) is 0 Å². The van der Waals surface area contributed by atoms with Crippen molar-refractivity contribution in [1.82, 2.24) is 10.2 Å². The van der Waals surface area contributed by atoms with Crippen molar-refractivity contribution in [3.63, 3.8) is 0 Å². The summed E-state index contributed by atoms with van der Waals surface area (Å²) < 4.78 is 0. The van der Waals surface area contributed by atoms with Gasteiger partial charge in [-0.05, 0) is 25.2 Å². The zero-order valence-corrected chi connectivity index (χ0v) is 11.0. The second kappa shape index (κ2) is 5.69. The first kappa shape index (κ1) is 13.3. The van der Waals surface area contributed by atoms with Crippen LogP contribution >= 0.6 is 0 Å². The smallest absolute Gasteiger partial charge is 0.245 e. The Morgan fingerprint density at radius 2 is 1.94 bits per heavy atom. The fourth-order valence-electron chi connectivity index (χ4n) is 3.08. The number of nitrogens with one attached hydrogen (secondary N) is 1. The molecule has 1 saturated heterocycles. The molecule has 1 aliphatic heterocycles. The molecule has 2 atom stereocenters. The molecule has 102 valence electrons. The number of carbonyl (C=O) groups excluding carboxylic acids is 2. The lowest BCUT2D eigenvalue weighted by Crippen LogP contribution is -2.51. The molecule has 1 saturated carbocycles. The van der Waals surface area contributed by atoms with E-state index in [1.165, 1.54) is 6.92 Å². The van der Waals surface area contributed by atoms with Crippen molar-refractivity contribution >= 4 is 11.8 Å². The summed E-state index contributed by atoms with van der Waals surface area (Å²) in [5.41, 5.74) is 5.84. The topological polar surface area (TPSA) is 75.4 Å². The first-order valence-electron chi connectivity index (χ1n) is 6.89. The third-order valence-electron chi connectivity index (χ3n) is 4.03. The van der Waals surface area contributed by atoms with E-state index in [2.05, 4.69) is 5.32 Å². The zero-order chi connectivity index (χ0) is 13.1. The standard InChI is InChI=1S/C13H23N3O2/c1-9(17)15-12(10-4-2-3-5-10)13(18)16-7-6-11(14)8-16/h10-12H,2-8,14H2,1H3,(H,15,17)/t11-,12-/m0/s1. The van der Waals surface area contributed by atoms with Crippen molar-refractivity contribution in [2.24, 2.45) is 11.7 Å². The van der Waals surface area contributed by atoms with Gasteiger partial charge in [-0.2, -0.15) is 0 Å². The maximum absolute atomic E-state index is 12.5. The lowest BCUT2D eigenvalue weighted by Gasteiger charge is -2.28. The van der Waals surface area contributed by atoms with Crippen molar-refractivity contribution in [2.75, 3.05) is 13.1 Å². The van der Waals surface area contributed by atoms with Crippen LogP contribution in [-0.4, -0.2) is 41.9 Å². The van der Waals surface area contributed by atoms with Gasteiger partial charge >= 0.3 is 0 Å². The predicted octanol–water partition coefficient (Wildman–Crippen LogP) is 0.241. The Labute approximate surface area is 108 Å². The van der Waals surface area contributed by atoms with Gasteiger partial charge in [0.05, 0.1) is 0 Å². The van der Waals surface area contributed by atoms with Gasteiger partial charge in [0.2, 0.25) is 11.8 Å². The fourth-order valence-corrected chi connectivity index (χ4v) is 3.08. The van der Waals surface area contributed by atoms with Gasteiger partial charge in [0.15, 0.2) is 0 Å². The SMILES string of the molecule is CC(=O)N[C@H](C(=O)N1CC[C@H](N)C1)C1CCCC1. The Morgan fingerprint density at radius 3 is 2.44 bits per heavy atom. The van der Waals surface area contributed by atoms with E-state index in [0.29, 0.717) is 12.5 Å². The van der Waals surface area contributed by atoms with Gasteiger partial charge in [0, 0.05) is 26.1 Å². The second-order valence-corrected chi connectivity index (χ2v) is 5.56. The average Bonchev–Trinajstić information content (AvgIpc) is 2.95. The van der Waals surface area contributed by atoms with E-state index < -0.39 is 0 Å². The number of rotatable bonds is 3. The number of carbonyl (C=O) groups is 2. The molecule has 0 aromatic heterocycles. The molecule has 3 N–H and O–H groups in total. The van der Waals surface area contributed by atoms with Crippen LogP contribution in [-0.2, 0) is 9.59 Å². The highest BCUT2D eigenvalue weighted by atomic mass is 16.2. The molecule has 2 aliphatic rings. The molecule has 1 aliphatic carbocycles. The van der Waals surface area contributed by atoms with E-state index in [1.54, 1.807) is 0 Å². The van der Waals surface area contributed by atoms with Gasteiger partial charge in [0.1, 0.15) is 6.04 Å². The summed E-state index contributed by atoms with van der Waals surface area (Å²) in [4.78, 5) is 25.6. The number of likely N-dealkylation sites (tertiary alicyclic amines) is 1. The van der Waals surface area contributed by atoms with Gasteiger partial charge in [-0.3, -0.25) is 9.59 Å². The van der Waals surface area contributed by atoms with Crippen LogP contribution in [0.1, 0.15) is 39.0 Å². The Morgan fingerprint density at radius 1 is 1.28 bits per heavy atom. The van der Waals surface area contributed by atoms with Crippen LogP contribution in [0, 0.1) is 5.92 Å². The van der Waals surface area contributed by atoms with Crippen LogP contribution in [0.25, 0.3) is 0 Å². The minimum Gasteiger partial charge on any atom is -0.344 e. The van der Waals surface area contributed by atoms with Crippen LogP contribution < -0.4 is 11.1 Å². The van der Waals surface area contributed by atoms with Gasteiger partial charge < -0.3 is 16.0 Å². The minimum absolute atomic E-state index is 0.0602. The normalized spacial score (nSPS) is 26.3. The molecule has 2 rings (SSSR count). The summed E-state index contributed by atoms with van der Waals surface area (Å²) >= 11 is 0. The zero-order valence-electron chi connectivity index (χ0n) is 11.0. The molecule has 0 unspecified atom stereocenters. The lowest BCUT2D eigenvalue weighted by molar-refractivity contribution is -0.136. The number of nitrogens with two attached hydrogens (primary N) is 1. The largest absolute Gasteiger partial charge is 0.344 e. The van der Waals surface area contributed by atoms with E-state index in [9.17, 15) is 9.59 Å². The summed E-state index contributed by atoms with van der Waals surface area (Å²) in [7, 11) is 0. The molecule has 0 aromatic carbocycles. The maximum Gasteiger partial charge on any atom is 0.245 e. The second-order valence-electron chi connectivity index (χ2n) is 5.56. The summed E-state index contributed by atoms with van der Waals surface area (Å²) in [5, 5.41) is 2.84. The van der Waals surface area contributed by atoms with E-state index in [4.69, 9.17) is 5.73 Å². The highest BCUT2D eigenvalue weighted by Gasteiger charge is 2.36. The molecular formula is C13H23N3O2. The van der Waals surface area contributed by atoms with Gasteiger partial charge in [0.25, 0.3) is 0 Å². The van der Waals surface area contributed by atoms with Gasteiger partial charge in [-0.1, -0.05) is 12.8 Å². The highest BCUT2D eigenvalue weighted by molar-refractivity contribution is 5.87.